The van der Waals surface area contributed by atoms with Crippen LogP contribution in [-0.2, 0) is 68.2 Å². The number of hydrogen-bond donors (Lipinski definition) is 2. The molecule has 62 heavy (non-hydrogen) atoms. The van der Waals surface area contributed by atoms with Crippen molar-refractivity contribution in [2.24, 2.45) is 0 Å². The van der Waals surface area contributed by atoms with Crippen LogP contribution in [0, 0.1) is 20.2 Å². The summed E-state index contributed by atoms with van der Waals surface area (Å²) in [5.41, 5.74) is 0.387. The fraction of sp³-hybridized carbons (Fsp3) is 0.675. The van der Waals surface area contributed by atoms with Crippen molar-refractivity contribution in [1.29, 1.82) is 0 Å². The quantitative estimate of drug-likeness (QED) is 0.0551. The van der Waals surface area contributed by atoms with Gasteiger partial charge in [0.15, 0.2) is 0 Å². The molecule has 0 aromatic heterocycles. The zero-order valence-electron chi connectivity index (χ0n) is 35.5. The first-order chi connectivity index (χ1) is 30.5. The van der Waals surface area contributed by atoms with Crippen LogP contribution in [0.3, 0.4) is 0 Å². The van der Waals surface area contributed by atoms with Gasteiger partial charge in [0.05, 0.1) is 174 Å². The standard InChI is InChI=1S/C40H64N4O18/c45-40(62-35-36-4-2-1-3-5-36)42-9-11-51-13-15-53-17-19-55-21-23-57-25-27-59-29-31-61-33-32-60-30-28-58-26-24-56-22-20-54-18-16-52-14-12-50-10-8-41-38-7-6-37(43(46)47)34-39(38)44(48)49/h1-7,34,41H,8-33,35H2,(H,42,45). The molecule has 0 saturated carbocycles. The number of rotatable bonds is 44. The molecule has 0 atom stereocenters. The van der Waals surface area contributed by atoms with Crippen LogP contribution in [0.25, 0.3) is 0 Å². The van der Waals surface area contributed by atoms with Gasteiger partial charge in [0.2, 0.25) is 0 Å². The number of anilines is 1. The van der Waals surface area contributed by atoms with Gasteiger partial charge >= 0.3 is 6.09 Å². The lowest BCUT2D eigenvalue weighted by Gasteiger charge is -2.09. The fourth-order valence-electron chi connectivity index (χ4n) is 4.71. The van der Waals surface area contributed by atoms with Crippen molar-refractivity contribution in [3.8, 4) is 0 Å². The topological polar surface area (TPSA) is 247 Å². The van der Waals surface area contributed by atoms with Crippen molar-refractivity contribution in [3.05, 3.63) is 74.3 Å². The molecular formula is C40H64N4O18. The summed E-state index contributed by atoms with van der Waals surface area (Å²) in [6.45, 7) is 11.1. The van der Waals surface area contributed by atoms with Gasteiger partial charge in [0, 0.05) is 19.2 Å². The molecule has 0 aliphatic carbocycles. The first-order valence-corrected chi connectivity index (χ1v) is 20.5. The van der Waals surface area contributed by atoms with Gasteiger partial charge in [-0.05, 0) is 11.6 Å². The van der Waals surface area contributed by atoms with Crippen LogP contribution < -0.4 is 10.6 Å². The van der Waals surface area contributed by atoms with E-state index in [9.17, 15) is 25.0 Å². The second-order valence-electron chi connectivity index (χ2n) is 12.5. The van der Waals surface area contributed by atoms with Gasteiger partial charge in [0.1, 0.15) is 12.3 Å². The Morgan fingerprint density at radius 3 is 1.16 bits per heavy atom. The number of nitro benzene ring substituents is 2. The average Bonchev–Trinajstić information content (AvgIpc) is 3.27. The number of alkyl carbamates (subject to hydrolysis) is 1. The smallest absolute Gasteiger partial charge is 0.407 e. The molecule has 2 aromatic rings. The molecule has 22 nitrogen and oxygen atoms in total. The lowest BCUT2D eigenvalue weighted by atomic mass is 10.2. The highest BCUT2D eigenvalue weighted by Gasteiger charge is 2.19. The van der Waals surface area contributed by atoms with E-state index >= 15 is 0 Å². The molecule has 2 rings (SSSR count). The summed E-state index contributed by atoms with van der Waals surface area (Å²) < 4.78 is 70.7. The predicted molar refractivity (Wildman–Crippen MR) is 223 cm³/mol. The van der Waals surface area contributed by atoms with E-state index in [-0.39, 0.29) is 36.8 Å². The highest BCUT2D eigenvalue weighted by molar-refractivity contribution is 5.67. The number of hydrogen-bond acceptors (Lipinski definition) is 19. The van der Waals surface area contributed by atoms with Crippen LogP contribution >= 0.6 is 0 Å². The van der Waals surface area contributed by atoms with E-state index in [1.54, 1.807) is 0 Å². The Bertz CT molecular complexity index is 1400. The number of non-ortho nitro benzene ring substituents is 1. The number of carbonyl (C=O) groups excluding carboxylic acids is 1. The molecule has 2 N–H and O–H groups in total. The maximum atomic E-state index is 11.7. The first kappa shape index (κ1) is 54.0. The van der Waals surface area contributed by atoms with Crippen molar-refractivity contribution in [1.82, 2.24) is 5.32 Å². The number of nitrogens with one attached hydrogen (secondary N) is 2. The molecule has 0 spiro atoms. The van der Waals surface area contributed by atoms with Crippen LogP contribution in [0.1, 0.15) is 5.56 Å². The Morgan fingerprint density at radius 2 is 0.806 bits per heavy atom. The van der Waals surface area contributed by atoms with E-state index < -0.39 is 15.9 Å². The second kappa shape index (κ2) is 39.7. The summed E-state index contributed by atoms with van der Waals surface area (Å²) in [7, 11) is 0. The second-order valence-corrected chi connectivity index (χ2v) is 12.5. The van der Waals surface area contributed by atoms with Crippen molar-refractivity contribution < 1.29 is 76.2 Å². The van der Waals surface area contributed by atoms with E-state index in [0.717, 1.165) is 11.6 Å². The number of amides is 1. The lowest BCUT2D eigenvalue weighted by molar-refractivity contribution is -0.393. The lowest BCUT2D eigenvalue weighted by Crippen LogP contribution is -2.28. The summed E-state index contributed by atoms with van der Waals surface area (Å²) >= 11 is 0. The van der Waals surface area contributed by atoms with Gasteiger partial charge in [-0.15, -0.1) is 0 Å². The third-order valence-electron chi connectivity index (χ3n) is 7.77. The molecule has 0 aliphatic heterocycles. The molecule has 22 heteroatoms. The van der Waals surface area contributed by atoms with Gasteiger partial charge in [-0.25, -0.2) is 4.79 Å². The summed E-state index contributed by atoms with van der Waals surface area (Å²) in [5.74, 6) is 0. The fourth-order valence-corrected chi connectivity index (χ4v) is 4.71. The van der Waals surface area contributed by atoms with Crippen LogP contribution in [0.4, 0.5) is 21.9 Å². The Labute approximate surface area is 362 Å². The number of nitrogens with zero attached hydrogens (tertiary/aromatic N) is 2. The molecule has 0 fully saturated rings. The van der Waals surface area contributed by atoms with Crippen molar-refractivity contribution in [2.45, 2.75) is 6.61 Å². The van der Waals surface area contributed by atoms with Crippen LogP contribution in [0.5, 0.6) is 0 Å². The first-order valence-electron chi connectivity index (χ1n) is 20.5. The van der Waals surface area contributed by atoms with E-state index in [4.69, 9.17) is 61.6 Å². The molecule has 0 saturated heterocycles. The number of nitro groups is 2. The Morgan fingerprint density at radius 1 is 0.452 bits per heavy atom. The monoisotopic (exact) mass is 888 g/mol. The Hall–Kier alpha value is -4.17. The Balaban J connectivity index is 1.16. The van der Waals surface area contributed by atoms with Crippen molar-refractivity contribution in [2.75, 3.05) is 177 Å². The van der Waals surface area contributed by atoms with E-state index in [2.05, 4.69) is 10.6 Å². The third-order valence-corrected chi connectivity index (χ3v) is 7.77. The molecule has 0 heterocycles. The van der Waals surface area contributed by atoms with Crippen LogP contribution in [0.2, 0.25) is 0 Å². The number of carbonyl (C=O) groups is 1. The van der Waals surface area contributed by atoms with Crippen LogP contribution in [0.15, 0.2) is 48.5 Å². The molecule has 1 amide bonds. The maximum Gasteiger partial charge on any atom is 0.407 e. The van der Waals surface area contributed by atoms with E-state index in [0.29, 0.717) is 159 Å². The van der Waals surface area contributed by atoms with Gasteiger partial charge < -0.3 is 72.2 Å². The summed E-state index contributed by atoms with van der Waals surface area (Å²) in [5, 5.41) is 27.5. The highest BCUT2D eigenvalue weighted by Crippen LogP contribution is 2.28. The summed E-state index contributed by atoms with van der Waals surface area (Å²) in [6.07, 6.45) is -0.481. The zero-order chi connectivity index (χ0) is 44.4. The maximum absolute atomic E-state index is 11.7. The van der Waals surface area contributed by atoms with E-state index in [1.165, 1.54) is 12.1 Å². The van der Waals surface area contributed by atoms with Gasteiger partial charge in [0.25, 0.3) is 11.4 Å². The average molecular weight is 889 g/mol. The highest BCUT2D eigenvalue weighted by atomic mass is 16.6. The number of ether oxygens (including phenoxy) is 13. The molecule has 0 aliphatic rings. The van der Waals surface area contributed by atoms with Crippen LogP contribution in [-0.4, -0.2) is 188 Å². The minimum absolute atomic E-state index is 0.180. The minimum Gasteiger partial charge on any atom is -0.445 e. The molecule has 0 radical (unpaired) electrons. The van der Waals surface area contributed by atoms with Gasteiger partial charge in [-0.2, -0.15) is 0 Å². The van der Waals surface area contributed by atoms with Crippen molar-refractivity contribution in [3.63, 3.8) is 0 Å². The normalized spacial score (nSPS) is 11.2. The summed E-state index contributed by atoms with van der Waals surface area (Å²) in [6, 6.07) is 12.9. The van der Waals surface area contributed by atoms with E-state index in [1.807, 2.05) is 30.3 Å². The SMILES string of the molecule is O=C(NCCOCCOCCOCCOCCOCCOCCOCCOCCOCCOCCOCCOCCNc1ccc([N+](=O)[O-])cc1[N+](=O)[O-])OCc1ccccc1. The minimum atomic E-state index is -0.684. The molecule has 352 valence electrons. The third kappa shape index (κ3) is 31.6. The van der Waals surface area contributed by atoms with Gasteiger partial charge in [-0.3, -0.25) is 20.2 Å². The summed E-state index contributed by atoms with van der Waals surface area (Å²) in [4.78, 5) is 32.3. The van der Waals surface area contributed by atoms with Crippen molar-refractivity contribution >= 4 is 23.2 Å². The molecular weight excluding hydrogens is 824 g/mol. The van der Waals surface area contributed by atoms with Gasteiger partial charge in [-0.1, -0.05) is 30.3 Å². The molecule has 0 unspecified atom stereocenters. The Kier molecular flexibility index (Phi) is 34.5. The molecule has 0 bridgehead atoms. The largest absolute Gasteiger partial charge is 0.445 e. The number of benzene rings is 2. The molecule has 2 aromatic carbocycles. The predicted octanol–water partition coefficient (Wildman–Crippen LogP) is 3.04. The zero-order valence-corrected chi connectivity index (χ0v) is 35.5.